The fraction of sp³-hybridized carbons (Fsp3) is 0.846. The quantitative estimate of drug-likeness (QED) is 0.731. The standard InChI is InChI=1S/C13H19F3N2O3/c1-8-6-17(7-9(2)21-8)11(19)10-4-3-5-18(10)12(20)13(14,15)16/h8-10H,3-7H2,1-2H3. The largest absolute Gasteiger partial charge is 0.471 e. The lowest BCUT2D eigenvalue weighted by molar-refractivity contribution is -0.188. The molecule has 3 unspecified atom stereocenters. The molecular weight excluding hydrogens is 289 g/mol. The van der Waals surface area contributed by atoms with Gasteiger partial charge in [0.2, 0.25) is 5.91 Å². The number of likely N-dealkylation sites (tertiary alicyclic amines) is 1. The molecule has 0 radical (unpaired) electrons. The van der Waals surface area contributed by atoms with E-state index in [4.69, 9.17) is 4.74 Å². The monoisotopic (exact) mass is 308 g/mol. The number of hydrogen-bond donors (Lipinski definition) is 0. The van der Waals surface area contributed by atoms with Gasteiger partial charge in [-0.15, -0.1) is 0 Å². The van der Waals surface area contributed by atoms with Crippen LogP contribution in [0.5, 0.6) is 0 Å². The minimum absolute atomic E-state index is 0.0236. The van der Waals surface area contributed by atoms with Gasteiger partial charge in [-0.2, -0.15) is 13.2 Å². The minimum atomic E-state index is -4.94. The molecule has 0 N–H and O–H groups in total. The van der Waals surface area contributed by atoms with Crippen molar-refractivity contribution in [3.63, 3.8) is 0 Å². The van der Waals surface area contributed by atoms with Gasteiger partial charge in [-0.1, -0.05) is 0 Å². The number of ether oxygens (including phenoxy) is 1. The van der Waals surface area contributed by atoms with Gasteiger partial charge in [-0.05, 0) is 26.7 Å². The second kappa shape index (κ2) is 5.82. The van der Waals surface area contributed by atoms with Crippen molar-refractivity contribution in [1.29, 1.82) is 0 Å². The topological polar surface area (TPSA) is 49.9 Å². The average molecular weight is 308 g/mol. The van der Waals surface area contributed by atoms with Gasteiger partial charge < -0.3 is 14.5 Å². The maximum Gasteiger partial charge on any atom is 0.471 e. The van der Waals surface area contributed by atoms with Crippen molar-refractivity contribution >= 4 is 11.8 Å². The van der Waals surface area contributed by atoms with Crippen LogP contribution < -0.4 is 0 Å². The molecule has 0 spiro atoms. The van der Waals surface area contributed by atoms with Crippen LogP contribution in [-0.4, -0.2) is 65.7 Å². The number of amides is 2. The number of hydrogen-bond acceptors (Lipinski definition) is 3. The first-order valence-corrected chi connectivity index (χ1v) is 7.02. The van der Waals surface area contributed by atoms with Crippen LogP contribution in [0.25, 0.3) is 0 Å². The number of morpholine rings is 1. The molecule has 2 fully saturated rings. The molecule has 2 amide bonds. The summed E-state index contributed by atoms with van der Waals surface area (Å²) >= 11 is 0. The van der Waals surface area contributed by atoms with Gasteiger partial charge >= 0.3 is 12.1 Å². The SMILES string of the molecule is CC1CN(C(=O)C2CCCN2C(=O)C(F)(F)F)CC(C)O1. The molecule has 5 nitrogen and oxygen atoms in total. The molecule has 0 aliphatic carbocycles. The van der Waals surface area contributed by atoms with E-state index >= 15 is 0 Å². The van der Waals surface area contributed by atoms with E-state index in [0.29, 0.717) is 24.4 Å². The molecule has 2 aliphatic rings. The second-order valence-electron chi connectivity index (χ2n) is 5.65. The number of halogens is 3. The second-order valence-corrected chi connectivity index (χ2v) is 5.65. The zero-order chi connectivity index (χ0) is 15.8. The van der Waals surface area contributed by atoms with Crippen LogP contribution in [0.3, 0.4) is 0 Å². The smallest absolute Gasteiger partial charge is 0.372 e. The Hall–Kier alpha value is -1.31. The van der Waals surface area contributed by atoms with Crippen LogP contribution in [0, 0.1) is 0 Å². The summed E-state index contributed by atoms with van der Waals surface area (Å²) in [5.74, 6) is -2.33. The Morgan fingerprint density at radius 2 is 1.71 bits per heavy atom. The molecule has 2 aliphatic heterocycles. The Morgan fingerprint density at radius 1 is 1.14 bits per heavy atom. The Bertz CT molecular complexity index is 417. The summed E-state index contributed by atoms with van der Waals surface area (Å²) in [4.78, 5) is 26.0. The Kier molecular flexibility index (Phi) is 4.46. The molecule has 0 bridgehead atoms. The molecule has 3 atom stereocenters. The van der Waals surface area contributed by atoms with Crippen LogP contribution >= 0.6 is 0 Å². The van der Waals surface area contributed by atoms with Crippen molar-refractivity contribution in [3.8, 4) is 0 Å². The van der Waals surface area contributed by atoms with Crippen molar-refractivity contribution < 1.29 is 27.5 Å². The molecule has 0 aromatic carbocycles. The van der Waals surface area contributed by atoms with Gasteiger partial charge in [0, 0.05) is 19.6 Å². The number of carbonyl (C=O) groups is 2. The predicted molar refractivity (Wildman–Crippen MR) is 67.4 cm³/mol. The zero-order valence-corrected chi connectivity index (χ0v) is 12.0. The molecule has 21 heavy (non-hydrogen) atoms. The third-order valence-electron chi connectivity index (χ3n) is 3.77. The summed E-state index contributed by atoms with van der Waals surface area (Å²) in [7, 11) is 0. The van der Waals surface area contributed by atoms with E-state index < -0.39 is 24.0 Å². The lowest BCUT2D eigenvalue weighted by Crippen LogP contribution is -2.55. The molecule has 0 aromatic heterocycles. The fourth-order valence-electron chi connectivity index (χ4n) is 3.00. The Morgan fingerprint density at radius 3 is 2.24 bits per heavy atom. The van der Waals surface area contributed by atoms with E-state index in [1.165, 1.54) is 4.90 Å². The van der Waals surface area contributed by atoms with Crippen molar-refractivity contribution in [2.75, 3.05) is 19.6 Å². The van der Waals surface area contributed by atoms with E-state index in [0.717, 1.165) is 0 Å². The predicted octanol–water partition coefficient (Wildman–Crippen LogP) is 1.18. The summed E-state index contributed by atoms with van der Waals surface area (Å²) in [6.45, 7) is 4.28. The van der Waals surface area contributed by atoms with E-state index in [1.54, 1.807) is 0 Å². The first-order valence-electron chi connectivity index (χ1n) is 7.02. The minimum Gasteiger partial charge on any atom is -0.372 e. The molecule has 2 heterocycles. The highest BCUT2D eigenvalue weighted by molar-refractivity contribution is 5.90. The summed E-state index contributed by atoms with van der Waals surface area (Å²) in [6.07, 6.45) is -4.57. The van der Waals surface area contributed by atoms with Gasteiger partial charge in [0.25, 0.3) is 0 Å². The fourth-order valence-corrected chi connectivity index (χ4v) is 3.00. The van der Waals surface area contributed by atoms with E-state index in [1.807, 2.05) is 13.8 Å². The molecular formula is C13H19F3N2O3. The highest BCUT2D eigenvalue weighted by atomic mass is 19.4. The van der Waals surface area contributed by atoms with Crippen LogP contribution in [0.1, 0.15) is 26.7 Å². The summed E-state index contributed by atoms with van der Waals surface area (Å²) in [6, 6.07) is -1.00. The van der Waals surface area contributed by atoms with E-state index in [2.05, 4.69) is 0 Å². The summed E-state index contributed by atoms with van der Waals surface area (Å²) in [5, 5.41) is 0. The number of nitrogens with zero attached hydrogens (tertiary/aromatic N) is 2. The van der Waals surface area contributed by atoms with Gasteiger partial charge in [0.1, 0.15) is 6.04 Å². The Labute approximate surface area is 121 Å². The molecule has 120 valence electrons. The third kappa shape index (κ3) is 3.48. The van der Waals surface area contributed by atoms with E-state index in [9.17, 15) is 22.8 Å². The van der Waals surface area contributed by atoms with Crippen LogP contribution in [0.4, 0.5) is 13.2 Å². The van der Waals surface area contributed by atoms with Crippen molar-refractivity contribution in [3.05, 3.63) is 0 Å². The number of carbonyl (C=O) groups excluding carboxylic acids is 2. The molecule has 0 saturated carbocycles. The van der Waals surface area contributed by atoms with Crippen LogP contribution in [0.15, 0.2) is 0 Å². The maximum absolute atomic E-state index is 12.6. The zero-order valence-electron chi connectivity index (χ0n) is 12.0. The molecule has 8 heteroatoms. The van der Waals surface area contributed by atoms with Crippen molar-refractivity contribution in [2.24, 2.45) is 0 Å². The van der Waals surface area contributed by atoms with Crippen LogP contribution in [-0.2, 0) is 14.3 Å². The highest BCUT2D eigenvalue weighted by Gasteiger charge is 2.48. The van der Waals surface area contributed by atoms with Gasteiger partial charge in [-0.25, -0.2) is 0 Å². The molecule has 2 rings (SSSR count). The van der Waals surface area contributed by atoms with Crippen molar-refractivity contribution in [2.45, 2.75) is 51.1 Å². The summed E-state index contributed by atoms with van der Waals surface area (Å²) < 4.78 is 43.2. The van der Waals surface area contributed by atoms with Crippen molar-refractivity contribution in [1.82, 2.24) is 9.80 Å². The van der Waals surface area contributed by atoms with E-state index in [-0.39, 0.29) is 25.2 Å². The first kappa shape index (κ1) is 16.1. The number of rotatable bonds is 1. The van der Waals surface area contributed by atoms with Gasteiger partial charge in [-0.3, -0.25) is 9.59 Å². The molecule has 0 aromatic rings. The van der Waals surface area contributed by atoms with Gasteiger partial charge in [0.15, 0.2) is 0 Å². The van der Waals surface area contributed by atoms with Crippen LogP contribution in [0.2, 0.25) is 0 Å². The molecule has 2 saturated heterocycles. The normalized spacial score (nSPS) is 30.6. The summed E-state index contributed by atoms with van der Waals surface area (Å²) in [5.41, 5.74) is 0. The lowest BCUT2D eigenvalue weighted by atomic mass is 10.1. The first-order chi connectivity index (χ1) is 9.70. The Balaban J connectivity index is 2.09. The lowest BCUT2D eigenvalue weighted by Gasteiger charge is -2.38. The number of alkyl halides is 3. The maximum atomic E-state index is 12.6. The third-order valence-corrected chi connectivity index (χ3v) is 3.77. The average Bonchev–Trinajstić information content (AvgIpc) is 2.83. The highest BCUT2D eigenvalue weighted by Crippen LogP contribution is 2.27. The van der Waals surface area contributed by atoms with Gasteiger partial charge in [0.05, 0.1) is 12.2 Å².